The fourth-order valence-electron chi connectivity index (χ4n) is 0.417. The molecule has 0 aromatic heterocycles. The second-order valence-corrected chi connectivity index (χ2v) is 1.94. The van der Waals surface area contributed by atoms with Crippen molar-refractivity contribution in [2.45, 2.75) is 26.2 Å². The number of aliphatic carboxylic acids is 1. The SMILES string of the molecule is [2H][13C]([2H])([2H])C(C)C[13C@]([2H])(N)C(=O)O. The van der Waals surface area contributed by atoms with Crippen molar-refractivity contribution in [2.75, 3.05) is 0 Å². The van der Waals surface area contributed by atoms with Gasteiger partial charge in [0.05, 0.1) is 1.37 Å². The predicted octanol–water partition coefficient (Wildman–Crippen LogP) is 0.444. The van der Waals surface area contributed by atoms with E-state index in [9.17, 15) is 4.79 Å². The van der Waals surface area contributed by atoms with E-state index in [1.165, 1.54) is 6.92 Å². The summed E-state index contributed by atoms with van der Waals surface area (Å²) in [6, 6.07) is -2.21. The van der Waals surface area contributed by atoms with E-state index in [1.807, 2.05) is 0 Å². The molecule has 54 valence electrons. The van der Waals surface area contributed by atoms with E-state index in [4.69, 9.17) is 16.3 Å². The van der Waals surface area contributed by atoms with E-state index in [2.05, 4.69) is 0 Å². The van der Waals surface area contributed by atoms with Crippen LogP contribution in [-0.2, 0) is 4.79 Å². The lowest BCUT2D eigenvalue weighted by molar-refractivity contribution is -0.138. The van der Waals surface area contributed by atoms with Gasteiger partial charge in [-0.2, -0.15) is 0 Å². The Labute approximate surface area is 60.5 Å². The fraction of sp³-hybridized carbons (Fsp3) is 0.833. The molecule has 3 heteroatoms. The van der Waals surface area contributed by atoms with Crippen LogP contribution in [0.2, 0.25) is 0 Å². The zero-order valence-electron chi connectivity index (χ0n) is 9.22. The summed E-state index contributed by atoms with van der Waals surface area (Å²) in [5.74, 6) is -2.41. The number of carboxylic acids is 1. The normalized spacial score (nSPS) is 28.2. The van der Waals surface area contributed by atoms with Gasteiger partial charge in [0.25, 0.3) is 0 Å². The summed E-state index contributed by atoms with van der Waals surface area (Å²) in [4.78, 5) is 10.4. The molecule has 0 aromatic carbocycles. The first-order valence-electron chi connectivity index (χ1n) is 4.59. The summed E-state index contributed by atoms with van der Waals surface area (Å²) in [5, 5.41) is 8.46. The van der Waals surface area contributed by atoms with Gasteiger partial charge in [-0.25, -0.2) is 0 Å². The van der Waals surface area contributed by atoms with Gasteiger partial charge in [-0.15, -0.1) is 0 Å². The average Bonchev–Trinajstić information content (AvgIpc) is 1.83. The lowest BCUT2D eigenvalue weighted by Crippen LogP contribution is -2.31. The maximum atomic E-state index is 10.4. The van der Waals surface area contributed by atoms with Gasteiger partial charge < -0.3 is 10.8 Å². The second-order valence-electron chi connectivity index (χ2n) is 1.94. The molecule has 0 aliphatic heterocycles. The third kappa shape index (κ3) is 3.97. The van der Waals surface area contributed by atoms with E-state index < -0.39 is 31.2 Å². The van der Waals surface area contributed by atoms with Crippen LogP contribution in [0.15, 0.2) is 0 Å². The maximum absolute atomic E-state index is 10.4. The molecule has 0 heterocycles. The van der Waals surface area contributed by atoms with E-state index in [1.54, 1.807) is 0 Å². The molecule has 0 bridgehead atoms. The number of carboxylic acid groups (broad SMARTS) is 1. The molecule has 3 nitrogen and oxygen atoms in total. The molecule has 9 heavy (non-hydrogen) atoms. The average molecular weight is 137 g/mol. The number of nitrogens with two attached hydrogens (primary N) is 1. The van der Waals surface area contributed by atoms with Crippen molar-refractivity contribution in [3.8, 4) is 0 Å². The zero-order valence-corrected chi connectivity index (χ0v) is 5.22. The van der Waals surface area contributed by atoms with Crippen LogP contribution in [0.5, 0.6) is 0 Å². The lowest BCUT2D eigenvalue weighted by Gasteiger charge is -2.07. The van der Waals surface area contributed by atoms with Crippen molar-refractivity contribution < 1.29 is 15.4 Å². The minimum atomic E-state index is -2.26. The summed E-state index contributed by atoms with van der Waals surface area (Å²) in [5.41, 5.74) is 5.07. The van der Waals surface area contributed by atoms with Gasteiger partial charge in [0.1, 0.15) is 6.02 Å². The van der Waals surface area contributed by atoms with Crippen molar-refractivity contribution >= 4 is 5.97 Å². The minimum absolute atomic E-state index is 0.390. The summed E-state index contributed by atoms with van der Waals surface area (Å²) < 4.78 is 28.0. The molecular weight excluding hydrogens is 120 g/mol. The van der Waals surface area contributed by atoms with Gasteiger partial charge in [0.15, 0.2) is 0 Å². The third-order valence-corrected chi connectivity index (χ3v) is 0.801. The largest absolute Gasteiger partial charge is 0.480 e. The van der Waals surface area contributed by atoms with Gasteiger partial charge in [0, 0.05) is 4.11 Å². The summed E-state index contributed by atoms with van der Waals surface area (Å²) in [6.07, 6.45) is -0.390. The highest BCUT2D eigenvalue weighted by Crippen LogP contribution is 2.01. The molecule has 0 saturated carbocycles. The van der Waals surface area contributed by atoms with Crippen molar-refractivity contribution in [1.29, 1.82) is 0 Å². The van der Waals surface area contributed by atoms with Crippen LogP contribution >= 0.6 is 0 Å². The van der Waals surface area contributed by atoms with E-state index in [-0.39, 0.29) is 0 Å². The van der Waals surface area contributed by atoms with E-state index in [0.717, 1.165) is 0 Å². The number of hydrogen-bond acceptors (Lipinski definition) is 2. The molecule has 0 rings (SSSR count). The maximum Gasteiger partial charge on any atom is 0.320 e. The van der Waals surface area contributed by atoms with E-state index >= 15 is 0 Å². The van der Waals surface area contributed by atoms with Crippen LogP contribution in [0.1, 0.15) is 25.7 Å². The van der Waals surface area contributed by atoms with Gasteiger partial charge in [-0.05, 0) is 12.3 Å². The standard InChI is InChI=1S/C6H13NO2/c1-4(2)3-5(7)6(8)9/h4-5H,3,7H2,1-2H3,(H,8,9)/t5-/m0/s1/i1+1D3,5+1D/t4?,5-. The molecular formula is C6H13NO2. The van der Waals surface area contributed by atoms with Crippen molar-refractivity contribution in [1.82, 2.24) is 0 Å². The molecule has 0 fully saturated rings. The molecule has 0 spiro atoms. The molecule has 0 radical (unpaired) electrons. The Hall–Kier alpha value is -0.570. The Bertz CT molecular complexity index is 201. The first-order valence-corrected chi connectivity index (χ1v) is 2.59. The zero-order chi connectivity index (χ0) is 10.9. The fourth-order valence-corrected chi connectivity index (χ4v) is 0.417. The Morgan fingerprint density at radius 3 is 3.00 bits per heavy atom. The summed E-state index contributed by atoms with van der Waals surface area (Å²) in [7, 11) is 0. The van der Waals surface area contributed by atoms with Gasteiger partial charge >= 0.3 is 5.97 Å². The third-order valence-electron chi connectivity index (χ3n) is 0.801. The smallest absolute Gasteiger partial charge is 0.320 e. The highest BCUT2D eigenvalue weighted by atomic mass is 16.4. The first kappa shape index (κ1) is 3.56. The van der Waals surface area contributed by atoms with Crippen LogP contribution in [0, 0.1) is 5.92 Å². The lowest BCUT2D eigenvalue weighted by atomic mass is 10.3. The molecule has 3 N–H and O–H groups in total. The Morgan fingerprint density at radius 1 is 2.11 bits per heavy atom. The molecule has 1 unspecified atom stereocenters. The van der Waals surface area contributed by atoms with Crippen molar-refractivity contribution in [3.63, 3.8) is 0 Å². The van der Waals surface area contributed by atoms with Gasteiger partial charge in [-0.3, -0.25) is 4.79 Å². The van der Waals surface area contributed by atoms with Crippen LogP contribution in [0.25, 0.3) is 0 Å². The van der Waals surface area contributed by atoms with Crippen LogP contribution < -0.4 is 5.73 Å². The van der Waals surface area contributed by atoms with Gasteiger partial charge in [0.2, 0.25) is 0 Å². The Morgan fingerprint density at radius 2 is 2.67 bits per heavy atom. The van der Waals surface area contributed by atoms with Crippen molar-refractivity contribution in [2.24, 2.45) is 11.7 Å². The highest BCUT2D eigenvalue weighted by Gasteiger charge is 2.11. The van der Waals surface area contributed by atoms with Crippen molar-refractivity contribution in [3.05, 3.63) is 0 Å². The molecule has 0 aromatic rings. The Kier molecular flexibility index (Phi) is 1.37. The molecule has 0 aliphatic rings. The van der Waals surface area contributed by atoms with Crippen LogP contribution in [0.4, 0.5) is 0 Å². The topological polar surface area (TPSA) is 63.3 Å². The van der Waals surface area contributed by atoms with E-state index in [0.29, 0.717) is 0 Å². The monoisotopic (exact) mass is 137 g/mol. The second kappa shape index (κ2) is 3.45. The Balaban J connectivity index is 4.37. The molecule has 0 saturated heterocycles. The predicted molar refractivity (Wildman–Crippen MR) is 35.1 cm³/mol. The summed E-state index contributed by atoms with van der Waals surface area (Å²) in [6.45, 7) is -0.910. The quantitative estimate of drug-likeness (QED) is 0.555. The highest BCUT2D eigenvalue weighted by molar-refractivity contribution is 5.72. The summed E-state index contributed by atoms with van der Waals surface area (Å²) >= 11 is 0. The molecule has 0 amide bonds. The minimum Gasteiger partial charge on any atom is -0.480 e. The van der Waals surface area contributed by atoms with Crippen LogP contribution in [0.3, 0.4) is 0 Å². The first-order chi connectivity index (χ1) is 5.57. The molecule has 0 aliphatic carbocycles. The number of carbonyl (C=O) groups is 1. The number of rotatable bonds is 3. The van der Waals surface area contributed by atoms with Gasteiger partial charge in [-0.1, -0.05) is 13.8 Å². The number of hydrogen-bond donors (Lipinski definition) is 2. The van der Waals surface area contributed by atoms with Crippen LogP contribution in [-0.4, -0.2) is 17.1 Å². The molecule has 2 atom stereocenters.